The Morgan fingerprint density at radius 3 is 2.41 bits per heavy atom. The Morgan fingerprint density at radius 1 is 1.07 bits per heavy atom. The molecule has 0 atom stereocenters. The highest BCUT2D eigenvalue weighted by atomic mass is 32.2. The summed E-state index contributed by atoms with van der Waals surface area (Å²) in [6.45, 7) is -0.292. The Balaban J connectivity index is 2.27. The van der Waals surface area contributed by atoms with Gasteiger partial charge in [-0.2, -0.15) is 0 Å². The Kier molecular flexibility index (Phi) is 7.18. The topological polar surface area (TPSA) is 111 Å². The molecule has 0 saturated carbocycles. The van der Waals surface area contributed by atoms with Crippen LogP contribution in [0.1, 0.15) is 10.4 Å². The van der Waals surface area contributed by atoms with Crippen LogP contribution in [0.4, 0.5) is 5.69 Å². The van der Waals surface area contributed by atoms with Crippen LogP contribution in [-0.2, 0) is 19.6 Å². The summed E-state index contributed by atoms with van der Waals surface area (Å²) in [7, 11) is 1.79. The van der Waals surface area contributed by atoms with Crippen molar-refractivity contribution in [2.24, 2.45) is 0 Å². The lowest BCUT2D eigenvalue weighted by Crippen LogP contribution is -2.22. The van der Waals surface area contributed by atoms with Crippen molar-refractivity contribution in [1.29, 1.82) is 0 Å². The lowest BCUT2D eigenvalue weighted by atomic mass is 10.2. The van der Waals surface area contributed by atoms with E-state index < -0.39 is 21.9 Å². The highest BCUT2D eigenvalue weighted by molar-refractivity contribution is 7.89. The van der Waals surface area contributed by atoms with Gasteiger partial charge in [-0.3, -0.25) is 4.79 Å². The van der Waals surface area contributed by atoms with Crippen LogP contribution in [0.5, 0.6) is 11.5 Å². The van der Waals surface area contributed by atoms with E-state index in [0.29, 0.717) is 11.5 Å². The second-order valence-corrected chi connectivity index (χ2v) is 8.15. The molecule has 0 aliphatic heterocycles. The molecule has 2 rings (SSSR count). The van der Waals surface area contributed by atoms with Gasteiger partial charge in [0.2, 0.25) is 10.0 Å². The highest BCUT2D eigenvalue weighted by Gasteiger charge is 2.20. The molecule has 10 heteroatoms. The Morgan fingerprint density at radius 2 is 1.79 bits per heavy atom. The minimum atomic E-state index is -3.69. The first-order valence-corrected chi connectivity index (χ1v) is 9.84. The van der Waals surface area contributed by atoms with Crippen LogP contribution >= 0.6 is 0 Å². The van der Waals surface area contributed by atoms with Crippen molar-refractivity contribution >= 4 is 27.6 Å². The van der Waals surface area contributed by atoms with Crippen molar-refractivity contribution in [2.75, 3.05) is 40.2 Å². The Bertz CT molecular complexity index is 1000. The van der Waals surface area contributed by atoms with Gasteiger partial charge in [0.1, 0.15) is 11.5 Å². The monoisotopic (exact) mass is 422 g/mol. The van der Waals surface area contributed by atoms with E-state index in [9.17, 15) is 18.0 Å². The molecule has 0 aliphatic carbocycles. The zero-order valence-electron chi connectivity index (χ0n) is 16.5. The molecule has 2 aromatic rings. The van der Waals surface area contributed by atoms with Gasteiger partial charge in [0, 0.05) is 19.7 Å². The molecule has 0 saturated heterocycles. The summed E-state index contributed by atoms with van der Waals surface area (Å²) < 4.78 is 40.8. The van der Waals surface area contributed by atoms with Gasteiger partial charge in [0.25, 0.3) is 5.91 Å². The van der Waals surface area contributed by atoms with Crippen LogP contribution in [0.3, 0.4) is 0 Å². The first kappa shape index (κ1) is 22.2. The number of hydrogen-bond donors (Lipinski definition) is 1. The number of anilines is 1. The maximum Gasteiger partial charge on any atom is 0.343 e. The third-order valence-corrected chi connectivity index (χ3v) is 5.69. The SMILES string of the molecule is COC(=O)COc1cccc(C(=O)Nc2cc(S(=O)(=O)N(C)C)ccc2OC)c1. The van der Waals surface area contributed by atoms with Crippen molar-refractivity contribution in [1.82, 2.24) is 4.31 Å². The normalized spacial score (nSPS) is 11.1. The van der Waals surface area contributed by atoms with E-state index in [0.717, 1.165) is 4.31 Å². The third-order valence-electron chi connectivity index (χ3n) is 3.88. The number of carbonyl (C=O) groups excluding carboxylic acids is 2. The number of methoxy groups -OCH3 is 2. The van der Waals surface area contributed by atoms with Crippen molar-refractivity contribution < 1.29 is 32.2 Å². The van der Waals surface area contributed by atoms with Crippen LogP contribution in [0.25, 0.3) is 0 Å². The lowest BCUT2D eigenvalue weighted by Gasteiger charge is -2.15. The quantitative estimate of drug-likeness (QED) is 0.645. The molecule has 1 amide bonds. The van der Waals surface area contributed by atoms with E-state index in [1.807, 2.05) is 0 Å². The number of hydrogen-bond acceptors (Lipinski definition) is 7. The smallest absolute Gasteiger partial charge is 0.343 e. The first-order valence-electron chi connectivity index (χ1n) is 8.40. The number of sulfonamides is 1. The Hall–Kier alpha value is -3.11. The summed E-state index contributed by atoms with van der Waals surface area (Å²) in [5.74, 6) is -0.456. The van der Waals surface area contributed by atoms with Gasteiger partial charge in [-0.1, -0.05) is 6.07 Å². The predicted octanol–water partition coefficient (Wildman–Crippen LogP) is 1.75. The molecule has 0 heterocycles. The molecule has 2 aromatic carbocycles. The fourth-order valence-corrected chi connectivity index (χ4v) is 3.21. The van der Waals surface area contributed by atoms with E-state index >= 15 is 0 Å². The number of rotatable bonds is 8. The second-order valence-electron chi connectivity index (χ2n) is 6.00. The van der Waals surface area contributed by atoms with E-state index in [1.165, 1.54) is 52.6 Å². The molecule has 29 heavy (non-hydrogen) atoms. The molecule has 1 N–H and O–H groups in total. The van der Waals surface area contributed by atoms with Crippen molar-refractivity contribution in [3.05, 3.63) is 48.0 Å². The van der Waals surface area contributed by atoms with Gasteiger partial charge in [-0.05, 0) is 36.4 Å². The Labute approximate surface area is 169 Å². The number of nitrogens with one attached hydrogen (secondary N) is 1. The summed E-state index contributed by atoms with van der Waals surface area (Å²) in [6.07, 6.45) is 0. The molecule has 0 aliphatic rings. The van der Waals surface area contributed by atoms with Gasteiger partial charge < -0.3 is 19.5 Å². The zero-order chi connectivity index (χ0) is 21.6. The molecule has 0 radical (unpaired) electrons. The zero-order valence-corrected chi connectivity index (χ0v) is 17.3. The molecule has 0 bridgehead atoms. The van der Waals surface area contributed by atoms with Crippen molar-refractivity contribution in [2.45, 2.75) is 4.90 Å². The third kappa shape index (κ3) is 5.46. The number of amides is 1. The maximum absolute atomic E-state index is 12.6. The molecule has 0 aromatic heterocycles. The van der Waals surface area contributed by atoms with E-state index in [1.54, 1.807) is 18.2 Å². The molecule has 9 nitrogen and oxygen atoms in total. The summed E-state index contributed by atoms with van der Waals surface area (Å²) in [6, 6.07) is 10.4. The van der Waals surface area contributed by atoms with Crippen LogP contribution < -0.4 is 14.8 Å². The fraction of sp³-hybridized carbons (Fsp3) is 0.263. The van der Waals surface area contributed by atoms with Gasteiger partial charge in [0.05, 0.1) is 24.8 Å². The lowest BCUT2D eigenvalue weighted by molar-refractivity contribution is -0.142. The second kappa shape index (κ2) is 9.39. The average molecular weight is 422 g/mol. The van der Waals surface area contributed by atoms with Crippen molar-refractivity contribution in [3.63, 3.8) is 0 Å². The van der Waals surface area contributed by atoms with Crippen LogP contribution in [0.15, 0.2) is 47.4 Å². The van der Waals surface area contributed by atoms with Gasteiger partial charge in [-0.15, -0.1) is 0 Å². The number of carbonyl (C=O) groups is 2. The van der Waals surface area contributed by atoms with Gasteiger partial charge in [0.15, 0.2) is 6.61 Å². The maximum atomic E-state index is 12.6. The molecule has 0 spiro atoms. The highest BCUT2D eigenvalue weighted by Crippen LogP contribution is 2.29. The predicted molar refractivity (Wildman–Crippen MR) is 106 cm³/mol. The standard InChI is InChI=1S/C19H22N2O7S/c1-21(2)29(24,25)15-8-9-17(26-3)16(11-15)20-19(23)13-6-5-7-14(10-13)28-12-18(22)27-4/h5-11H,12H2,1-4H3,(H,20,23). The number of nitrogens with zero attached hydrogens (tertiary/aromatic N) is 1. The van der Waals surface area contributed by atoms with Gasteiger partial charge in [-0.25, -0.2) is 17.5 Å². The van der Waals surface area contributed by atoms with E-state index in [4.69, 9.17) is 9.47 Å². The molecule has 0 unspecified atom stereocenters. The molecular weight excluding hydrogens is 400 g/mol. The average Bonchev–Trinajstić information content (AvgIpc) is 2.71. The van der Waals surface area contributed by atoms with Crippen LogP contribution in [-0.4, -0.2) is 59.5 Å². The summed E-state index contributed by atoms with van der Waals surface area (Å²) >= 11 is 0. The van der Waals surface area contributed by atoms with Crippen molar-refractivity contribution in [3.8, 4) is 11.5 Å². The number of esters is 1. The largest absolute Gasteiger partial charge is 0.495 e. The minimum absolute atomic E-state index is 0.00811. The van der Waals surface area contributed by atoms with Gasteiger partial charge >= 0.3 is 5.97 Å². The fourth-order valence-electron chi connectivity index (χ4n) is 2.28. The van der Waals surface area contributed by atoms with Crippen LogP contribution in [0.2, 0.25) is 0 Å². The summed E-state index contributed by atoms with van der Waals surface area (Å²) in [5, 5.41) is 2.64. The summed E-state index contributed by atoms with van der Waals surface area (Å²) in [4.78, 5) is 23.8. The van der Waals surface area contributed by atoms with Crippen LogP contribution in [0, 0.1) is 0 Å². The minimum Gasteiger partial charge on any atom is -0.495 e. The first-order chi connectivity index (χ1) is 13.7. The summed E-state index contributed by atoms with van der Waals surface area (Å²) in [5.41, 5.74) is 0.441. The molecule has 0 fully saturated rings. The number of benzene rings is 2. The van der Waals surface area contributed by atoms with E-state index in [2.05, 4.69) is 10.1 Å². The molecule has 156 valence electrons. The van der Waals surface area contributed by atoms with E-state index in [-0.39, 0.29) is 22.8 Å². The number of ether oxygens (including phenoxy) is 3. The molecular formula is C19H22N2O7S.